The maximum Gasteiger partial charge on any atom is 0.132 e. The molecule has 128 valence electrons. The molecule has 0 amide bonds. The zero-order valence-electron chi connectivity index (χ0n) is 14.2. The molecule has 0 fully saturated rings. The van der Waals surface area contributed by atoms with Crippen molar-refractivity contribution >= 4 is 5.71 Å². The summed E-state index contributed by atoms with van der Waals surface area (Å²) in [4.78, 5) is 0. The molecule has 0 bridgehead atoms. The molecule has 0 saturated carbocycles. The number of benzene rings is 2. The largest absolute Gasteiger partial charge is 0.259 e. The summed E-state index contributed by atoms with van der Waals surface area (Å²) in [5.74, 6) is -0.895. The first-order valence-corrected chi connectivity index (χ1v) is 8.58. The van der Waals surface area contributed by atoms with E-state index < -0.39 is 11.6 Å². The number of fused-ring (bicyclic) bond motifs is 2. The van der Waals surface area contributed by atoms with Crippen LogP contribution in [0.15, 0.2) is 59.8 Å². The molecule has 0 saturated heterocycles. The number of halogens is 2. The lowest BCUT2D eigenvalue weighted by Crippen LogP contribution is -2.41. The lowest BCUT2D eigenvalue weighted by Gasteiger charge is -2.42. The number of rotatable bonds is 2. The molecule has 2 aliphatic rings. The van der Waals surface area contributed by atoms with Crippen LogP contribution in [0.3, 0.4) is 0 Å². The lowest BCUT2D eigenvalue weighted by molar-refractivity contribution is 0.137. The van der Waals surface area contributed by atoms with Gasteiger partial charge in [-0.2, -0.15) is 5.10 Å². The molecule has 2 aromatic rings. The highest BCUT2D eigenvalue weighted by atomic mass is 19.1. The molecule has 4 rings (SSSR count). The van der Waals surface area contributed by atoms with Crippen molar-refractivity contribution in [3.63, 3.8) is 0 Å². The Morgan fingerprint density at radius 1 is 1.20 bits per heavy atom. The number of hydrogen-bond donors (Lipinski definition) is 0. The number of nitrogens with zero attached hydrogens (tertiary/aromatic N) is 2. The zero-order valence-corrected chi connectivity index (χ0v) is 14.2. The third kappa shape index (κ3) is 2.48. The number of hydrogen-bond acceptors (Lipinski definition) is 2. The van der Waals surface area contributed by atoms with Crippen LogP contribution in [0.1, 0.15) is 42.9 Å². The second kappa shape index (κ2) is 5.80. The van der Waals surface area contributed by atoms with Crippen LogP contribution < -0.4 is 0 Å². The SMILES string of the molecule is C=C(C)N1N=C(c2cc(F)ccc2F)CC12CCCc1ccccc12. The monoisotopic (exact) mass is 338 g/mol. The molecule has 4 heteroatoms. The zero-order chi connectivity index (χ0) is 17.6. The summed E-state index contributed by atoms with van der Waals surface area (Å²) < 4.78 is 28.0. The van der Waals surface area contributed by atoms with Crippen LogP contribution in [-0.2, 0) is 12.0 Å². The Labute approximate surface area is 146 Å². The molecular weight excluding hydrogens is 318 g/mol. The highest BCUT2D eigenvalue weighted by molar-refractivity contribution is 6.02. The van der Waals surface area contributed by atoms with Gasteiger partial charge in [-0.15, -0.1) is 0 Å². The van der Waals surface area contributed by atoms with Gasteiger partial charge in [0.1, 0.15) is 11.6 Å². The summed E-state index contributed by atoms with van der Waals surface area (Å²) in [6, 6.07) is 11.9. The summed E-state index contributed by atoms with van der Waals surface area (Å²) in [6.07, 6.45) is 3.54. The van der Waals surface area contributed by atoms with Crippen molar-refractivity contribution in [2.24, 2.45) is 5.10 Å². The molecule has 2 aromatic carbocycles. The van der Waals surface area contributed by atoms with Crippen molar-refractivity contribution < 1.29 is 8.78 Å². The molecule has 1 aliphatic heterocycles. The summed E-state index contributed by atoms with van der Waals surface area (Å²) in [7, 11) is 0. The fourth-order valence-electron chi connectivity index (χ4n) is 4.22. The van der Waals surface area contributed by atoms with Gasteiger partial charge < -0.3 is 0 Å². The molecule has 25 heavy (non-hydrogen) atoms. The van der Waals surface area contributed by atoms with Crippen molar-refractivity contribution in [2.45, 2.75) is 38.1 Å². The number of allylic oxidation sites excluding steroid dienone is 1. The summed E-state index contributed by atoms with van der Waals surface area (Å²) >= 11 is 0. The summed E-state index contributed by atoms with van der Waals surface area (Å²) in [5, 5.41) is 6.60. The quantitative estimate of drug-likeness (QED) is 0.740. The van der Waals surface area contributed by atoms with Crippen LogP contribution in [0.4, 0.5) is 8.78 Å². The maximum atomic E-state index is 14.3. The van der Waals surface area contributed by atoms with Crippen LogP contribution in [0.25, 0.3) is 0 Å². The summed E-state index contributed by atoms with van der Waals surface area (Å²) in [5.41, 5.74) is 3.80. The van der Waals surface area contributed by atoms with Gasteiger partial charge in [0.2, 0.25) is 0 Å². The Bertz CT molecular complexity index is 887. The Morgan fingerprint density at radius 2 is 2.00 bits per heavy atom. The standard InChI is InChI=1S/C21H20F2N2/c1-14(2)25-21(11-5-7-15-6-3-4-8-18(15)21)13-20(24-25)17-12-16(22)9-10-19(17)23/h3-4,6,8-10,12H,1,5,7,11,13H2,2H3. The minimum Gasteiger partial charge on any atom is -0.259 e. The molecule has 2 nitrogen and oxygen atoms in total. The van der Waals surface area contributed by atoms with E-state index in [1.54, 1.807) is 0 Å². The van der Waals surface area contributed by atoms with E-state index >= 15 is 0 Å². The molecule has 1 heterocycles. The second-order valence-corrected chi connectivity index (χ2v) is 6.94. The van der Waals surface area contributed by atoms with Crippen molar-refractivity contribution in [2.75, 3.05) is 0 Å². The summed E-state index contributed by atoms with van der Waals surface area (Å²) in [6.45, 7) is 5.99. The molecule has 0 aromatic heterocycles. The van der Waals surface area contributed by atoms with Crippen LogP contribution in [0.5, 0.6) is 0 Å². The van der Waals surface area contributed by atoms with Gasteiger partial charge in [0, 0.05) is 17.7 Å². The minimum atomic E-state index is -0.453. The lowest BCUT2D eigenvalue weighted by atomic mass is 9.73. The van der Waals surface area contributed by atoms with E-state index in [0.717, 1.165) is 37.1 Å². The number of hydrazone groups is 1. The third-order valence-corrected chi connectivity index (χ3v) is 5.24. The van der Waals surface area contributed by atoms with E-state index in [1.807, 2.05) is 24.1 Å². The van der Waals surface area contributed by atoms with Gasteiger partial charge in [-0.1, -0.05) is 30.8 Å². The van der Waals surface area contributed by atoms with Gasteiger partial charge in [0.05, 0.1) is 11.3 Å². The smallest absolute Gasteiger partial charge is 0.132 e. The minimum absolute atomic E-state index is 0.242. The average Bonchev–Trinajstić information content (AvgIpc) is 2.98. The van der Waals surface area contributed by atoms with E-state index in [4.69, 9.17) is 0 Å². The number of aryl methyl sites for hydroxylation is 1. The molecule has 0 radical (unpaired) electrons. The topological polar surface area (TPSA) is 15.6 Å². The van der Waals surface area contributed by atoms with Gasteiger partial charge in [-0.05, 0) is 55.5 Å². The van der Waals surface area contributed by atoms with Gasteiger partial charge in [-0.3, -0.25) is 5.01 Å². The predicted molar refractivity (Wildman–Crippen MR) is 95.2 cm³/mol. The molecule has 0 N–H and O–H groups in total. The fraction of sp³-hybridized carbons (Fsp3) is 0.286. The van der Waals surface area contributed by atoms with E-state index in [1.165, 1.54) is 17.2 Å². The Hall–Kier alpha value is -2.49. The Kier molecular flexibility index (Phi) is 3.71. The first-order valence-electron chi connectivity index (χ1n) is 8.58. The van der Waals surface area contributed by atoms with Crippen molar-refractivity contribution in [3.8, 4) is 0 Å². The predicted octanol–water partition coefficient (Wildman–Crippen LogP) is 5.14. The molecule has 1 unspecified atom stereocenters. The third-order valence-electron chi connectivity index (χ3n) is 5.24. The molecule has 1 atom stereocenters. The highest BCUT2D eigenvalue weighted by Gasteiger charge is 2.47. The molecular formula is C21H20F2N2. The Morgan fingerprint density at radius 3 is 2.80 bits per heavy atom. The van der Waals surface area contributed by atoms with Crippen molar-refractivity contribution in [1.29, 1.82) is 0 Å². The van der Waals surface area contributed by atoms with Crippen molar-refractivity contribution in [1.82, 2.24) is 5.01 Å². The van der Waals surface area contributed by atoms with E-state index in [9.17, 15) is 8.78 Å². The van der Waals surface area contributed by atoms with Gasteiger partial charge >= 0.3 is 0 Å². The van der Waals surface area contributed by atoms with E-state index in [-0.39, 0.29) is 11.1 Å². The highest BCUT2D eigenvalue weighted by Crippen LogP contribution is 2.48. The normalized spacial score (nSPS) is 22.0. The Balaban J connectivity index is 1.85. The van der Waals surface area contributed by atoms with Crippen molar-refractivity contribution in [3.05, 3.63) is 83.1 Å². The van der Waals surface area contributed by atoms with E-state index in [2.05, 4.69) is 23.8 Å². The molecule has 1 spiro atoms. The van der Waals surface area contributed by atoms with Gasteiger partial charge in [-0.25, -0.2) is 8.78 Å². The maximum absolute atomic E-state index is 14.3. The van der Waals surface area contributed by atoms with Gasteiger partial charge in [0.25, 0.3) is 0 Å². The van der Waals surface area contributed by atoms with E-state index in [0.29, 0.717) is 12.1 Å². The first kappa shape index (κ1) is 16.0. The molecule has 1 aliphatic carbocycles. The van der Waals surface area contributed by atoms with Crippen LogP contribution in [0.2, 0.25) is 0 Å². The fourth-order valence-corrected chi connectivity index (χ4v) is 4.22. The second-order valence-electron chi connectivity index (χ2n) is 6.94. The van der Waals surface area contributed by atoms with Gasteiger partial charge in [0.15, 0.2) is 0 Å². The van der Waals surface area contributed by atoms with Crippen LogP contribution in [0, 0.1) is 11.6 Å². The average molecular weight is 338 g/mol. The first-order chi connectivity index (χ1) is 12.0. The van der Waals surface area contributed by atoms with Crippen LogP contribution in [-0.4, -0.2) is 10.7 Å². The van der Waals surface area contributed by atoms with Crippen LogP contribution >= 0.6 is 0 Å².